The lowest BCUT2D eigenvalue weighted by Crippen LogP contribution is -2.30. The first kappa shape index (κ1) is 10.9. The predicted octanol–water partition coefficient (Wildman–Crippen LogP) is 3.16. The van der Waals surface area contributed by atoms with E-state index in [0.29, 0.717) is 11.2 Å². The molecule has 82 valence electrons. The number of nitrogens with one attached hydrogen (secondary N) is 1. The first-order valence-corrected chi connectivity index (χ1v) is 6.07. The summed E-state index contributed by atoms with van der Waals surface area (Å²) >= 11 is 5.99. The van der Waals surface area contributed by atoms with Crippen LogP contribution in [0.15, 0.2) is 18.3 Å². The SMILES string of the molecule is Clc1ncccc1CNC1CCCCC1. The van der Waals surface area contributed by atoms with E-state index in [2.05, 4.69) is 10.3 Å². The number of pyridine rings is 1. The minimum Gasteiger partial charge on any atom is -0.310 e. The molecule has 3 heteroatoms. The average Bonchev–Trinajstić information content (AvgIpc) is 2.29. The molecule has 15 heavy (non-hydrogen) atoms. The molecule has 0 saturated heterocycles. The van der Waals surface area contributed by atoms with E-state index >= 15 is 0 Å². The van der Waals surface area contributed by atoms with Crippen molar-refractivity contribution in [2.24, 2.45) is 0 Å². The van der Waals surface area contributed by atoms with Crippen LogP contribution in [-0.4, -0.2) is 11.0 Å². The van der Waals surface area contributed by atoms with Gasteiger partial charge in [-0.15, -0.1) is 0 Å². The maximum absolute atomic E-state index is 5.99. The third-order valence-electron chi connectivity index (χ3n) is 3.02. The Morgan fingerprint density at radius 1 is 1.33 bits per heavy atom. The van der Waals surface area contributed by atoms with Crippen molar-refractivity contribution in [3.05, 3.63) is 29.0 Å². The minimum absolute atomic E-state index is 0.626. The summed E-state index contributed by atoms with van der Waals surface area (Å²) in [6.07, 6.45) is 8.45. The summed E-state index contributed by atoms with van der Waals surface area (Å²) in [6.45, 7) is 0.845. The van der Waals surface area contributed by atoms with Gasteiger partial charge >= 0.3 is 0 Å². The Kier molecular flexibility index (Phi) is 3.98. The van der Waals surface area contributed by atoms with E-state index in [1.54, 1.807) is 6.20 Å². The van der Waals surface area contributed by atoms with Crippen LogP contribution < -0.4 is 5.32 Å². The highest BCUT2D eigenvalue weighted by atomic mass is 35.5. The highest BCUT2D eigenvalue weighted by molar-refractivity contribution is 6.30. The minimum atomic E-state index is 0.626. The number of hydrogen-bond acceptors (Lipinski definition) is 2. The molecule has 0 aliphatic heterocycles. The molecule has 2 nitrogen and oxygen atoms in total. The lowest BCUT2D eigenvalue weighted by Gasteiger charge is -2.22. The third-order valence-corrected chi connectivity index (χ3v) is 3.36. The van der Waals surface area contributed by atoms with Crippen molar-refractivity contribution in [1.82, 2.24) is 10.3 Å². The van der Waals surface area contributed by atoms with Gasteiger partial charge in [0.05, 0.1) is 0 Å². The van der Waals surface area contributed by atoms with Crippen molar-refractivity contribution < 1.29 is 0 Å². The van der Waals surface area contributed by atoms with E-state index in [1.165, 1.54) is 32.1 Å². The number of aromatic nitrogens is 1. The van der Waals surface area contributed by atoms with E-state index in [-0.39, 0.29) is 0 Å². The van der Waals surface area contributed by atoms with Gasteiger partial charge in [0.15, 0.2) is 0 Å². The summed E-state index contributed by atoms with van der Waals surface area (Å²) in [4.78, 5) is 4.07. The van der Waals surface area contributed by atoms with Gasteiger partial charge in [-0.3, -0.25) is 0 Å². The van der Waals surface area contributed by atoms with Gasteiger partial charge in [0, 0.05) is 24.3 Å². The standard InChI is InChI=1S/C12H17ClN2/c13-12-10(5-4-8-14-12)9-15-11-6-2-1-3-7-11/h4-5,8,11,15H,1-3,6-7,9H2. The van der Waals surface area contributed by atoms with Crippen LogP contribution in [0.2, 0.25) is 5.15 Å². The van der Waals surface area contributed by atoms with Gasteiger partial charge < -0.3 is 5.32 Å². The Balaban J connectivity index is 1.84. The second-order valence-electron chi connectivity index (χ2n) is 4.17. The number of nitrogens with zero attached hydrogens (tertiary/aromatic N) is 1. The smallest absolute Gasteiger partial charge is 0.133 e. The highest BCUT2D eigenvalue weighted by Crippen LogP contribution is 2.18. The van der Waals surface area contributed by atoms with Crippen LogP contribution in [0.5, 0.6) is 0 Å². The molecule has 1 N–H and O–H groups in total. The summed E-state index contributed by atoms with van der Waals surface area (Å²) in [6, 6.07) is 4.64. The molecule has 0 amide bonds. The fourth-order valence-electron chi connectivity index (χ4n) is 2.11. The van der Waals surface area contributed by atoms with E-state index in [9.17, 15) is 0 Å². The molecule has 1 saturated carbocycles. The molecule has 1 aliphatic rings. The van der Waals surface area contributed by atoms with Gasteiger partial charge in [-0.1, -0.05) is 36.9 Å². The quantitative estimate of drug-likeness (QED) is 0.798. The predicted molar refractivity (Wildman–Crippen MR) is 63.0 cm³/mol. The molecule has 0 bridgehead atoms. The van der Waals surface area contributed by atoms with Crippen molar-refractivity contribution in [3.63, 3.8) is 0 Å². The molecule has 0 unspecified atom stereocenters. The first-order chi connectivity index (χ1) is 7.36. The Morgan fingerprint density at radius 2 is 2.13 bits per heavy atom. The van der Waals surface area contributed by atoms with Crippen molar-refractivity contribution in [3.8, 4) is 0 Å². The molecule has 1 aromatic rings. The van der Waals surface area contributed by atoms with Crippen LogP contribution in [0, 0.1) is 0 Å². The lowest BCUT2D eigenvalue weighted by molar-refractivity contribution is 0.372. The van der Waals surface area contributed by atoms with Gasteiger partial charge in [0.1, 0.15) is 5.15 Å². The summed E-state index contributed by atoms with van der Waals surface area (Å²) in [5.74, 6) is 0. The number of rotatable bonds is 3. The number of halogens is 1. The zero-order chi connectivity index (χ0) is 10.5. The normalized spacial score (nSPS) is 17.9. The van der Waals surface area contributed by atoms with E-state index in [4.69, 9.17) is 11.6 Å². The fourth-order valence-corrected chi connectivity index (χ4v) is 2.30. The van der Waals surface area contributed by atoms with Crippen molar-refractivity contribution in [2.75, 3.05) is 0 Å². The Morgan fingerprint density at radius 3 is 2.87 bits per heavy atom. The first-order valence-electron chi connectivity index (χ1n) is 5.69. The Bertz CT molecular complexity index is 308. The zero-order valence-corrected chi connectivity index (χ0v) is 9.63. The molecule has 2 rings (SSSR count). The van der Waals surface area contributed by atoms with E-state index in [0.717, 1.165) is 12.1 Å². The van der Waals surface area contributed by atoms with Crippen molar-refractivity contribution in [2.45, 2.75) is 44.7 Å². The molecule has 0 atom stereocenters. The third kappa shape index (κ3) is 3.18. The number of hydrogen-bond donors (Lipinski definition) is 1. The highest BCUT2D eigenvalue weighted by Gasteiger charge is 2.12. The average molecular weight is 225 g/mol. The van der Waals surface area contributed by atoms with E-state index < -0.39 is 0 Å². The maximum atomic E-state index is 5.99. The second kappa shape index (κ2) is 5.47. The molecular weight excluding hydrogens is 208 g/mol. The summed E-state index contributed by atoms with van der Waals surface area (Å²) in [7, 11) is 0. The molecule has 1 heterocycles. The van der Waals surface area contributed by atoms with Gasteiger partial charge in [-0.25, -0.2) is 4.98 Å². The van der Waals surface area contributed by atoms with Crippen LogP contribution >= 0.6 is 11.6 Å². The van der Waals surface area contributed by atoms with Gasteiger partial charge in [-0.2, -0.15) is 0 Å². The van der Waals surface area contributed by atoms with Crippen molar-refractivity contribution in [1.29, 1.82) is 0 Å². The summed E-state index contributed by atoms with van der Waals surface area (Å²) in [5, 5.41) is 4.18. The van der Waals surface area contributed by atoms with Crippen LogP contribution in [-0.2, 0) is 6.54 Å². The zero-order valence-electron chi connectivity index (χ0n) is 8.88. The molecule has 0 spiro atoms. The summed E-state index contributed by atoms with van der Waals surface area (Å²) < 4.78 is 0. The monoisotopic (exact) mass is 224 g/mol. The fraction of sp³-hybridized carbons (Fsp3) is 0.583. The Labute approximate surface area is 96.1 Å². The molecule has 0 aromatic carbocycles. The van der Waals surface area contributed by atoms with Gasteiger partial charge in [0.2, 0.25) is 0 Å². The molecule has 1 aliphatic carbocycles. The van der Waals surface area contributed by atoms with Gasteiger partial charge in [0.25, 0.3) is 0 Å². The largest absolute Gasteiger partial charge is 0.310 e. The van der Waals surface area contributed by atoms with Crippen LogP contribution in [0.4, 0.5) is 0 Å². The summed E-state index contributed by atoms with van der Waals surface area (Å²) in [5.41, 5.74) is 1.10. The molecule has 0 radical (unpaired) electrons. The van der Waals surface area contributed by atoms with Crippen LogP contribution in [0.1, 0.15) is 37.7 Å². The van der Waals surface area contributed by atoms with E-state index in [1.807, 2.05) is 12.1 Å². The Hall–Kier alpha value is -0.600. The topological polar surface area (TPSA) is 24.9 Å². The van der Waals surface area contributed by atoms with Crippen LogP contribution in [0.25, 0.3) is 0 Å². The maximum Gasteiger partial charge on any atom is 0.133 e. The molecule has 1 aromatic heterocycles. The van der Waals surface area contributed by atoms with Crippen LogP contribution in [0.3, 0.4) is 0 Å². The van der Waals surface area contributed by atoms with Crippen molar-refractivity contribution >= 4 is 11.6 Å². The molecular formula is C12H17ClN2. The lowest BCUT2D eigenvalue weighted by atomic mass is 9.95. The second-order valence-corrected chi connectivity index (χ2v) is 4.53. The molecule has 1 fully saturated rings. The van der Waals surface area contributed by atoms with Gasteiger partial charge in [-0.05, 0) is 18.9 Å².